The van der Waals surface area contributed by atoms with Crippen molar-refractivity contribution in [2.24, 2.45) is 5.92 Å². The van der Waals surface area contributed by atoms with Crippen LogP contribution in [-0.4, -0.2) is 37.1 Å². The summed E-state index contributed by atoms with van der Waals surface area (Å²) < 4.78 is 0. The van der Waals surface area contributed by atoms with Gasteiger partial charge in [0.2, 0.25) is 0 Å². The molecule has 0 aromatic carbocycles. The summed E-state index contributed by atoms with van der Waals surface area (Å²) >= 11 is 0. The summed E-state index contributed by atoms with van der Waals surface area (Å²) in [6.07, 6.45) is 11.7. The maximum absolute atomic E-state index is 3.67. The molecule has 1 unspecified atom stereocenters. The SMILES string of the molecule is CC(CNCCC1CCCCC1)N1CCCC1. The van der Waals surface area contributed by atoms with Crippen LogP contribution in [0.25, 0.3) is 0 Å². The minimum absolute atomic E-state index is 0.740. The van der Waals surface area contributed by atoms with Gasteiger partial charge in [0.1, 0.15) is 0 Å². The molecule has 2 nitrogen and oxygen atoms in total. The molecule has 1 heterocycles. The van der Waals surface area contributed by atoms with Gasteiger partial charge in [-0.15, -0.1) is 0 Å². The summed E-state index contributed by atoms with van der Waals surface area (Å²) in [6, 6.07) is 0.740. The Bertz CT molecular complexity index is 193. The maximum atomic E-state index is 3.67. The van der Waals surface area contributed by atoms with E-state index >= 15 is 0 Å². The van der Waals surface area contributed by atoms with Crippen molar-refractivity contribution in [3.63, 3.8) is 0 Å². The molecule has 1 N–H and O–H groups in total. The molecule has 2 fully saturated rings. The van der Waals surface area contributed by atoms with E-state index < -0.39 is 0 Å². The summed E-state index contributed by atoms with van der Waals surface area (Å²) in [5.74, 6) is 1.03. The molecule has 2 heteroatoms. The van der Waals surface area contributed by atoms with Gasteiger partial charge in [-0.3, -0.25) is 4.90 Å². The van der Waals surface area contributed by atoms with Gasteiger partial charge in [-0.05, 0) is 51.7 Å². The number of hydrogen-bond acceptors (Lipinski definition) is 2. The van der Waals surface area contributed by atoms with E-state index in [1.165, 1.54) is 77.5 Å². The van der Waals surface area contributed by atoms with Gasteiger partial charge in [0.05, 0.1) is 0 Å². The van der Waals surface area contributed by atoms with Crippen molar-refractivity contribution >= 4 is 0 Å². The number of rotatable bonds is 6. The topological polar surface area (TPSA) is 15.3 Å². The third-order valence-corrected chi connectivity index (χ3v) is 4.66. The molecule has 2 aliphatic rings. The molecule has 0 aromatic heterocycles. The smallest absolute Gasteiger partial charge is 0.0192 e. The minimum atomic E-state index is 0.740. The van der Waals surface area contributed by atoms with Crippen molar-refractivity contribution in [3.05, 3.63) is 0 Å². The van der Waals surface area contributed by atoms with Gasteiger partial charge in [0, 0.05) is 12.6 Å². The first-order chi connectivity index (χ1) is 8.36. The zero-order chi connectivity index (χ0) is 11.9. The van der Waals surface area contributed by atoms with E-state index in [0.29, 0.717) is 0 Å². The third kappa shape index (κ3) is 4.59. The van der Waals surface area contributed by atoms with Crippen LogP contribution in [0.3, 0.4) is 0 Å². The molecule has 1 aliphatic heterocycles. The first kappa shape index (κ1) is 13.4. The highest BCUT2D eigenvalue weighted by atomic mass is 15.2. The minimum Gasteiger partial charge on any atom is -0.315 e. The monoisotopic (exact) mass is 238 g/mol. The van der Waals surface area contributed by atoms with Crippen LogP contribution >= 0.6 is 0 Å². The van der Waals surface area contributed by atoms with Crippen LogP contribution in [0.15, 0.2) is 0 Å². The second-order valence-electron chi connectivity index (χ2n) is 6.09. The fourth-order valence-corrected chi connectivity index (χ4v) is 3.40. The van der Waals surface area contributed by atoms with Gasteiger partial charge in [0.25, 0.3) is 0 Å². The Kier molecular flexibility index (Phi) is 5.79. The molecule has 1 aliphatic carbocycles. The number of hydrogen-bond donors (Lipinski definition) is 1. The van der Waals surface area contributed by atoms with E-state index in [2.05, 4.69) is 17.1 Å². The van der Waals surface area contributed by atoms with Gasteiger partial charge in [-0.1, -0.05) is 32.1 Å². The lowest BCUT2D eigenvalue weighted by molar-refractivity contribution is 0.248. The van der Waals surface area contributed by atoms with E-state index in [0.717, 1.165) is 12.0 Å². The molecule has 17 heavy (non-hydrogen) atoms. The lowest BCUT2D eigenvalue weighted by Crippen LogP contribution is -2.39. The molecule has 100 valence electrons. The lowest BCUT2D eigenvalue weighted by Gasteiger charge is -2.25. The third-order valence-electron chi connectivity index (χ3n) is 4.66. The highest BCUT2D eigenvalue weighted by molar-refractivity contribution is 4.75. The molecule has 0 bridgehead atoms. The molecule has 1 atom stereocenters. The average Bonchev–Trinajstić information content (AvgIpc) is 2.89. The van der Waals surface area contributed by atoms with Crippen molar-refractivity contribution in [1.29, 1.82) is 0 Å². The fraction of sp³-hybridized carbons (Fsp3) is 1.00. The van der Waals surface area contributed by atoms with E-state index in [1.54, 1.807) is 0 Å². The van der Waals surface area contributed by atoms with Gasteiger partial charge >= 0.3 is 0 Å². The van der Waals surface area contributed by atoms with Crippen LogP contribution in [-0.2, 0) is 0 Å². The predicted molar refractivity (Wildman–Crippen MR) is 74.3 cm³/mol. The second kappa shape index (κ2) is 7.38. The van der Waals surface area contributed by atoms with Crippen molar-refractivity contribution in [1.82, 2.24) is 10.2 Å². The van der Waals surface area contributed by atoms with Gasteiger partial charge in [-0.2, -0.15) is 0 Å². The predicted octanol–water partition coefficient (Wildman–Crippen LogP) is 3.03. The molecule has 1 saturated carbocycles. The maximum Gasteiger partial charge on any atom is 0.0192 e. The fourth-order valence-electron chi connectivity index (χ4n) is 3.40. The summed E-state index contributed by atoms with van der Waals surface area (Å²) in [5.41, 5.74) is 0. The average molecular weight is 238 g/mol. The highest BCUT2D eigenvalue weighted by Crippen LogP contribution is 2.25. The van der Waals surface area contributed by atoms with E-state index in [-0.39, 0.29) is 0 Å². The van der Waals surface area contributed by atoms with Crippen molar-refractivity contribution in [2.75, 3.05) is 26.2 Å². The first-order valence-corrected chi connectivity index (χ1v) is 7.81. The molecule has 0 spiro atoms. The van der Waals surface area contributed by atoms with Crippen molar-refractivity contribution < 1.29 is 0 Å². The Morgan fingerprint density at radius 3 is 2.47 bits per heavy atom. The Balaban J connectivity index is 1.50. The van der Waals surface area contributed by atoms with Crippen LogP contribution in [0.5, 0.6) is 0 Å². The standard InChI is InChI=1S/C15H30N2/c1-14(17-11-5-6-12-17)13-16-10-9-15-7-3-2-4-8-15/h14-16H,2-13H2,1H3. The van der Waals surface area contributed by atoms with Crippen LogP contribution in [0.1, 0.15) is 58.3 Å². The molecular weight excluding hydrogens is 208 g/mol. The van der Waals surface area contributed by atoms with E-state index in [1.807, 2.05) is 0 Å². The molecule has 0 aromatic rings. The zero-order valence-electron chi connectivity index (χ0n) is 11.6. The highest BCUT2D eigenvalue weighted by Gasteiger charge is 2.17. The number of nitrogens with one attached hydrogen (secondary N) is 1. The van der Waals surface area contributed by atoms with Gasteiger partial charge in [-0.25, -0.2) is 0 Å². The van der Waals surface area contributed by atoms with E-state index in [4.69, 9.17) is 0 Å². The van der Waals surface area contributed by atoms with E-state index in [9.17, 15) is 0 Å². The largest absolute Gasteiger partial charge is 0.315 e. The molecule has 2 rings (SSSR count). The lowest BCUT2D eigenvalue weighted by atomic mass is 9.87. The normalized spacial score (nSPS) is 25.2. The quantitative estimate of drug-likeness (QED) is 0.716. The molecular formula is C15H30N2. The Labute approximate surface area is 107 Å². The molecule has 1 saturated heterocycles. The van der Waals surface area contributed by atoms with Gasteiger partial charge < -0.3 is 5.32 Å². The zero-order valence-corrected chi connectivity index (χ0v) is 11.6. The number of nitrogens with zero attached hydrogens (tertiary/aromatic N) is 1. The summed E-state index contributed by atoms with van der Waals surface area (Å²) in [6.45, 7) is 7.45. The second-order valence-corrected chi connectivity index (χ2v) is 6.09. The first-order valence-electron chi connectivity index (χ1n) is 7.81. The molecule has 0 amide bonds. The Morgan fingerprint density at radius 1 is 1.06 bits per heavy atom. The Hall–Kier alpha value is -0.0800. The number of likely N-dealkylation sites (tertiary alicyclic amines) is 1. The van der Waals surface area contributed by atoms with Crippen LogP contribution < -0.4 is 5.32 Å². The van der Waals surface area contributed by atoms with Crippen molar-refractivity contribution in [2.45, 2.75) is 64.3 Å². The van der Waals surface area contributed by atoms with Gasteiger partial charge in [0.15, 0.2) is 0 Å². The Morgan fingerprint density at radius 2 is 1.76 bits per heavy atom. The van der Waals surface area contributed by atoms with Crippen LogP contribution in [0.2, 0.25) is 0 Å². The van der Waals surface area contributed by atoms with Crippen LogP contribution in [0.4, 0.5) is 0 Å². The van der Waals surface area contributed by atoms with Crippen LogP contribution in [0, 0.1) is 5.92 Å². The summed E-state index contributed by atoms with van der Waals surface area (Å²) in [4.78, 5) is 2.63. The van der Waals surface area contributed by atoms with Crippen molar-refractivity contribution in [3.8, 4) is 0 Å². The summed E-state index contributed by atoms with van der Waals surface area (Å²) in [7, 11) is 0. The summed E-state index contributed by atoms with van der Waals surface area (Å²) in [5, 5.41) is 3.67. The molecule has 0 radical (unpaired) electrons.